The van der Waals surface area contributed by atoms with Crippen LogP contribution in [0.3, 0.4) is 0 Å². The van der Waals surface area contributed by atoms with Crippen molar-refractivity contribution < 1.29 is 14.1 Å². The van der Waals surface area contributed by atoms with Gasteiger partial charge >= 0.3 is 0 Å². The van der Waals surface area contributed by atoms with Crippen molar-refractivity contribution in [2.24, 2.45) is 0 Å². The molecule has 3 heterocycles. The summed E-state index contributed by atoms with van der Waals surface area (Å²) in [4.78, 5) is 28.9. The molecule has 2 amide bonds. The first-order valence-electron chi connectivity index (χ1n) is 6.17. The Kier molecular flexibility index (Phi) is 3.16. The first kappa shape index (κ1) is 12.3. The molecule has 7 heteroatoms. The number of nitrogens with zero attached hydrogens (tertiary/aromatic N) is 3. The SMILES string of the molecule is O=C1CN(C(=O)c2cc(-c3cccnc3)on2)CCN1. The summed E-state index contributed by atoms with van der Waals surface area (Å²) < 4.78 is 5.15. The van der Waals surface area contributed by atoms with E-state index in [1.807, 2.05) is 6.07 Å². The van der Waals surface area contributed by atoms with Crippen molar-refractivity contribution >= 4 is 11.8 Å². The van der Waals surface area contributed by atoms with Crippen LogP contribution in [0.5, 0.6) is 0 Å². The summed E-state index contributed by atoms with van der Waals surface area (Å²) in [6.07, 6.45) is 3.28. The number of amides is 2. The Labute approximate surface area is 114 Å². The molecule has 2 aromatic heterocycles. The Balaban J connectivity index is 1.80. The molecule has 0 radical (unpaired) electrons. The van der Waals surface area contributed by atoms with Crippen LogP contribution in [0.2, 0.25) is 0 Å². The van der Waals surface area contributed by atoms with Crippen LogP contribution >= 0.6 is 0 Å². The van der Waals surface area contributed by atoms with Gasteiger partial charge in [-0.2, -0.15) is 0 Å². The Morgan fingerprint density at radius 3 is 3.10 bits per heavy atom. The fraction of sp³-hybridized carbons (Fsp3) is 0.231. The highest BCUT2D eigenvalue weighted by molar-refractivity contribution is 5.96. The molecule has 3 rings (SSSR count). The number of pyridine rings is 1. The molecular weight excluding hydrogens is 260 g/mol. The quantitative estimate of drug-likeness (QED) is 0.850. The van der Waals surface area contributed by atoms with Crippen LogP contribution in [-0.4, -0.2) is 46.5 Å². The maximum atomic E-state index is 12.2. The summed E-state index contributed by atoms with van der Waals surface area (Å²) in [5.41, 5.74) is 0.939. The minimum Gasteiger partial charge on any atom is -0.355 e. The highest BCUT2D eigenvalue weighted by Crippen LogP contribution is 2.19. The molecular formula is C13H12N4O3. The minimum absolute atomic E-state index is 0.0495. The normalized spacial score (nSPS) is 15.0. The van der Waals surface area contributed by atoms with E-state index < -0.39 is 0 Å². The molecule has 0 aromatic carbocycles. The Hall–Kier alpha value is -2.70. The van der Waals surface area contributed by atoms with Crippen molar-refractivity contribution in [1.82, 2.24) is 20.4 Å². The van der Waals surface area contributed by atoms with Gasteiger partial charge in [-0.25, -0.2) is 0 Å². The fourth-order valence-corrected chi connectivity index (χ4v) is 1.99. The second-order valence-corrected chi connectivity index (χ2v) is 4.39. The summed E-state index contributed by atoms with van der Waals surface area (Å²) in [5.74, 6) is 0.00206. The van der Waals surface area contributed by atoms with Gasteiger partial charge in [-0.3, -0.25) is 14.6 Å². The van der Waals surface area contributed by atoms with Gasteiger partial charge in [0.05, 0.1) is 6.54 Å². The molecule has 2 aromatic rings. The number of carbonyl (C=O) groups excluding carboxylic acids is 2. The van der Waals surface area contributed by atoms with Crippen molar-refractivity contribution in [2.45, 2.75) is 0 Å². The van der Waals surface area contributed by atoms with E-state index in [9.17, 15) is 9.59 Å². The summed E-state index contributed by atoms with van der Waals surface area (Å²) in [6, 6.07) is 5.15. The molecule has 20 heavy (non-hydrogen) atoms. The zero-order valence-corrected chi connectivity index (χ0v) is 10.6. The molecule has 7 nitrogen and oxygen atoms in total. The predicted molar refractivity (Wildman–Crippen MR) is 68.6 cm³/mol. The second-order valence-electron chi connectivity index (χ2n) is 4.39. The maximum absolute atomic E-state index is 12.2. The van der Waals surface area contributed by atoms with Crippen LogP contribution in [0, 0.1) is 0 Å². The number of aromatic nitrogens is 2. The lowest BCUT2D eigenvalue weighted by Gasteiger charge is -2.25. The number of carbonyl (C=O) groups is 2. The Morgan fingerprint density at radius 1 is 1.45 bits per heavy atom. The van der Waals surface area contributed by atoms with Crippen LogP contribution in [0.25, 0.3) is 11.3 Å². The molecule has 102 valence electrons. The van der Waals surface area contributed by atoms with Gasteiger partial charge in [-0.15, -0.1) is 0 Å². The maximum Gasteiger partial charge on any atom is 0.276 e. The first-order valence-corrected chi connectivity index (χ1v) is 6.17. The topological polar surface area (TPSA) is 88.3 Å². The molecule has 1 saturated heterocycles. The van der Waals surface area contributed by atoms with Crippen LogP contribution in [0.1, 0.15) is 10.5 Å². The van der Waals surface area contributed by atoms with E-state index in [0.29, 0.717) is 18.8 Å². The van der Waals surface area contributed by atoms with Gasteiger partial charge in [-0.1, -0.05) is 5.16 Å². The van der Waals surface area contributed by atoms with Crippen molar-refractivity contribution in [3.8, 4) is 11.3 Å². The number of hydrogen-bond donors (Lipinski definition) is 1. The molecule has 1 fully saturated rings. The molecule has 1 N–H and O–H groups in total. The molecule has 1 aliphatic heterocycles. The first-order chi connectivity index (χ1) is 9.74. The van der Waals surface area contributed by atoms with Crippen LogP contribution in [-0.2, 0) is 4.79 Å². The number of nitrogens with one attached hydrogen (secondary N) is 1. The third-order valence-electron chi connectivity index (χ3n) is 3.00. The molecule has 0 aliphatic carbocycles. The molecule has 0 unspecified atom stereocenters. The van der Waals surface area contributed by atoms with Gasteiger partial charge in [0.1, 0.15) is 0 Å². The molecule has 1 aliphatic rings. The summed E-state index contributed by atoms with van der Waals surface area (Å²) in [7, 11) is 0. The van der Waals surface area contributed by atoms with Gasteiger partial charge in [0.2, 0.25) is 5.91 Å². The van der Waals surface area contributed by atoms with Gasteiger partial charge in [0, 0.05) is 37.1 Å². The third kappa shape index (κ3) is 2.37. The highest BCUT2D eigenvalue weighted by atomic mass is 16.5. The van der Waals surface area contributed by atoms with E-state index in [1.165, 1.54) is 4.90 Å². The number of piperazine rings is 1. The molecule has 0 atom stereocenters. The lowest BCUT2D eigenvalue weighted by atomic mass is 10.2. The standard InChI is InChI=1S/C13H12N4O3/c18-12-8-17(5-4-15-12)13(19)10-6-11(20-16-10)9-2-1-3-14-7-9/h1-3,6-7H,4-5,8H2,(H,15,18). The van der Waals surface area contributed by atoms with Crippen LogP contribution in [0.15, 0.2) is 35.1 Å². The third-order valence-corrected chi connectivity index (χ3v) is 3.00. The molecule has 0 bridgehead atoms. The van der Waals surface area contributed by atoms with E-state index in [1.54, 1.807) is 24.5 Å². The fourth-order valence-electron chi connectivity index (χ4n) is 1.99. The van der Waals surface area contributed by atoms with Gasteiger partial charge in [0.15, 0.2) is 11.5 Å². The van der Waals surface area contributed by atoms with Crippen LogP contribution < -0.4 is 5.32 Å². The zero-order valence-electron chi connectivity index (χ0n) is 10.6. The van der Waals surface area contributed by atoms with E-state index in [-0.39, 0.29) is 24.1 Å². The lowest BCUT2D eigenvalue weighted by molar-refractivity contribution is -0.123. The van der Waals surface area contributed by atoms with Gasteiger partial charge in [0.25, 0.3) is 5.91 Å². The van der Waals surface area contributed by atoms with E-state index in [2.05, 4.69) is 15.5 Å². The van der Waals surface area contributed by atoms with E-state index in [4.69, 9.17) is 4.52 Å². The average molecular weight is 272 g/mol. The van der Waals surface area contributed by atoms with Gasteiger partial charge in [-0.05, 0) is 12.1 Å². The largest absolute Gasteiger partial charge is 0.355 e. The molecule has 0 spiro atoms. The van der Waals surface area contributed by atoms with E-state index >= 15 is 0 Å². The number of rotatable bonds is 2. The summed E-state index contributed by atoms with van der Waals surface area (Å²) in [5, 5.41) is 6.43. The monoisotopic (exact) mass is 272 g/mol. The summed E-state index contributed by atoms with van der Waals surface area (Å²) in [6.45, 7) is 0.978. The average Bonchev–Trinajstić information content (AvgIpc) is 2.97. The second kappa shape index (κ2) is 5.12. The zero-order chi connectivity index (χ0) is 13.9. The predicted octanol–water partition coefficient (Wildman–Crippen LogP) is 0.309. The summed E-state index contributed by atoms with van der Waals surface area (Å²) >= 11 is 0. The van der Waals surface area contributed by atoms with Gasteiger partial charge < -0.3 is 14.7 Å². The molecule has 0 saturated carbocycles. The van der Waals surface area contributed by atoms with Crippen molar-refractivity contribution in [1.29, 1.82) is 0 Å². The van der Waals surface area contributed by atoms with E-state index in [0.717, 1.165) is 5.56 Å². The number of hydrogen-bond acceptors (Lipinski definition) is 5. The smallest absolute Gasteiger partial charge is 0.276 e. The van der Waals surface area contributed by atoms with Crippen molar-refractivity contribution in [2.75, 3.05) is 19.6 Å². The van der Waals surface area contributed by atoms with Crippen molar-refractivity contribution in [3.05, 3.63) is 36.3 Å². The Morgan fingerprint density at radius 2 is 2.35 bits per heavy atom. The lowest BCUT2D eigenvalue weighted by Crippen LogP contribution is -2.50. The highest BCUT2D eigenvalue weighted by Gasteiger charge is 2.25. The minimum atomic E-state index is -0.307. The van der Waals surface area contributed by atoms with Crippen molar-refractivity contribution in [3.63, 3.8) is 0 Å². The Bertz CT molecular complexity index is 638. The van der Waals surface area contributed by atoms with Crippen LogP contribution in [0.4, 0.5) is 0 Å².